The van der Waals surface area contributed by atoms with E-state index < -0.39 is 22.0 Å². The van der Waals surface area contributed by atoms with Crippen molar-refractivity contribution in [2.75, 3.05) is 20.3 Å². The van der Waals surface area contributed by atoms with Gasteiger partial charge in [0.25, 0.3) is 0 Å². The van der Waals surface area contributed by atoms with Gasteiger partial charge in [0.2, 0.25) is 10.0 Å². The number of esters is 2. The minimum absolute atomic E-state index is 0.0661. The van der Waals surface area contributed by atoms with Gasteiger partial charge in [0.15, 0.2) is 0 Å². The highest BCUT2D eigenvalue weighted by Gasteiger charge is 2.22. The van der Waals surface area contributed by atoms with Crippen LogP contribution < -0.4 is 4.72 Å². The van der Waals surface area contributed by atoms with Gasteiger partial charge in [0.05, 0.1) is 30.6 Å². The first kappa shape index (κ1) is 17.1. The molecule has 1 aromatic rings. The summed E-state index contributed by atoms with van der Waals surface area (Å²) in [5.41, 5.74) is -0.0661. The molecule has 0 unspecified atom stereocenters. The molecular weight excluding hydrogens is 298 g/mol. The molecule has 8 heteroatoms. The van der Waals surface area contributed by atoms with E-state index in [0.29, 0.717) is 0 Å². The van der Waals surface area contributed by atoms with Crippen molar-refractivity contribution in [3.05, 3.63) is 29.8 Å². The summed E-state index contributed by atoms with van der Waals surface area (Å²) < 4.78 is 35.8. The molecule has 0 fully saturated rings. The summed E-state index contributed by atoms with van der Waals surface area (Å²) in [6.45, 7) is 1.78. The summed E-state index contributed by atoms with van der Waals surface area (Å²) in [6.07, 6.45) is -0.0898. The lowest BCUT2D eigenvalue weighted by molar-refractivity contribution is -0.142. The number of benzene rings is 1. The molecule has 0 saturated carbocycles. The number of hydrogen-bond donors (Lipinski definition) is 1. The Hall–Kier alpha value is -1.93. The van der Waals surface area contributed by atoms with E-state index in [4.69, 9.17) is 4.74 Å². The van der Waals surface area contributed by atoms with Gasteiger partial charge in [-0.05, 0) is 19.1 Å². The van der Waals surface area contributed by atoms with Gasteiger partial charge in [-0.1, -0.05) is 12.1 Å². The van der Waals surface area contributed by atoms with Crippen LogP contribution in [0.1, 0.15) is 23.7 Å². The molecular formula is C13H17NO6S. The monoisotopic (exact) mass is 315 g/mol. The quantitative estimate of drug-likeness (QED) is 0.744. The maximum Gasteiger partial charge on any atom is 0.339 e. The van der Waals surface area contributed by atoms with Gasteiger partial charge < -0.3 is 9.47 Å². The number of ether oxygens (including phenoxy) is 2. The summed E-state index contributed by atoms with van der Waals surface area (Å²) in [4.78, 5) is 22.5. The first-order valence-electron chi connectivity index (χ1n) is 6.25. The van der Waals surface area contributed by atoms with Crippen LogP contribution in [0.3, 0.4) is 0 Å². The van der Waals surface area contributed by atoms with Gasteiger partial charge in [0.1, 0.15) is 0 Å². The van der Waals surface area contributed by atoms with E-state index >= 15 is 0 Å². The van der Waals surface area contributed by atoms with Gasteiger partial charge in [-0.3, -0.25) is 4.79 Å². The number of rotatable bonds is 7. The lowest BCUT2D eigenvalue weighted by Gasteiger charge is -2.10. The largest absolute Gasteiger partial charge is 0.466 e. The maximum absolute atomic E-state index is 12.1. The number of carbonyl (C=O) groups excluding carboxylic acids is 2. The zero-order chi connectivity index (χ0) is 15.9. The van der Waals surface area contributed by atoms with Crippen LogP contribution in [-0.2, 0) is 24.3 Å². The third kappa shape index (κ3) is 4.83. The molecule has 0 amide bonds. The van der Waals surface area contributed by atoms with Crippen LogP contribution in [0.4, 0.5) is 0 Å². The molecule has 1 N–H and O–H groups in total. The third-order valence-corrected chi connectivity index (χ3v) is 4.03. The standard InChI is InChI=1S/C13H17NO6S/c1-3-20-12(15)8-9-14-21(17,18)11-7-5-4-6-10(11)13(16)19-2/h4-7,14H,3,8-9H2,1-2H3. The van der Waals surface area contributed by atoms with Crippen LogP contribution in [0.2, 0.25) is 0 Å². The summed E-state index contributed by atoms with van der Waals surface area (Å²) in [7, 11) is -2.75. The maximum atomic E-state index is 12.1. The highest BCUT2D eigenvalue weighted by atomic mass is 32.2. The fourth-order valence-corrected chi connectivity index (χ4v) is 2.80. The first-order valence-corrected chi connectivity index (χ1v) is 7.73. The smallest absolute Gasteiger partial charge is 0.339 e. The van der Waals surface area contributed by atoms with Crippen LogP contribution in [0, 0.1) is 0 Å². The van der Waals surface area contributed by atoms with Crippen LogP contribution in [0.5, 0.6) is 0 Å². The van der Waals surface area contributed by atoms with Crippen molar-refractivity contribution in [2.45, 2.75) is 18.2 Å². The Balaban J connectivity index is 2.84. The first-order chi connectivity index (χ1) is 9.92. The topological polar surface area (TPSA) is 98.8 Å². The van der Waals surface area contributed by atoms with Crippen molar-refractivity contribution in [3.8, 4) is 0 Å². The molecule has 0 bridgehead atoms. The second kappa shape index (κ2) is 7.75. The van der Waals surface area contributed by atoms with Gasteiger partial charge in [-0.2, -0.15) is 0 Å². The Morgan fingerprint density at radius 1 is 1.24 bits per heavy atom. The van der Waals surface area contributed by atoms with Gasteiger partial charge in [-0.15, -0.1) is 0 Å². The molecule has 0 atom stereocenters. The number of nitrogens with one attached hydrogen (secondary N) is 1. The van der Waals surface area contributed by atoms with Crippen LogP contribution in [-0.4, -0.2) is 40.6 Å². The lowest BCUT2D eigenvalue weighted by atomic mass is 10.2. The van der Waals surface area contributed by atoms with Crippen LogP contribution in [0.25, 0.3) is 0 Å². The fraction of sp³-hybridized carbons (Fsp3) is 0.385. The minimum atomic E-state index is -3.92. The van der Waals surface area contributed by atoms with Crippen LogP contribution >= 0.6 is 0 Å². The zero-order valence-electron chi connectivity index (χ0n) is 11.8. The average molecular weight is 315 g/mol. The van der Waals surface area contributed by atoms with Gasteiger partial charge in [0, 0.05) is 6.54 Å². The molecule has 0 aliphatic carbocycles. The number of sulfonamides is 1. The predicted octanol–water partition coefficient (Wildman–Crippen LogP) is 0.705. The SMILES string of the molecule is CCOC(=O)CCNS(=O)(=O)c1ccccc1C(=O)OC. The fourth-order valence-electron chi connectivity index (χ4n) is 1.58. The molecule has 0 aliphatic heterocycles. The molecule has 1 aromatic carbocycles. The Bertz CT molecular complexity index is 611. The molecule has 0 aromatic heterocycles. The van der Waals surface area contributed by atoms with Crippen molar-refractivity contribution in [3.63, 3.8) is 0 Å². The van der Waals surface area contributed by atoms with Crippen molar-refractivity contribution < 1.29 is 27.5 Å². The van der Waals surface area contributed by atoms with E-state index in [2.05, 4.69) is 9.46 Å². The van der Waals surface area contributed by atoms with Crippen molar-refractivity contribution in [1.82, 2.24) is 4.72 Å². The average Bonchev–Trinajstić information content (AvgIpc) is 2.46. The molecule has 0 spiro atoms. The second-order valence-electron chi connectivity index (χ2n) is 3.94. The Labute approximate surface area is 123 Å². The molecule has 0 heterocycles. The van der Waals surface area contributed by atoms with Crippen molar-refractivity contribution in [1.29, 1.82) is 0 Å². The highest BCUT2D eigenvalue weighted by Crippen LogP contribution is 2.16. The number of hydrogen-bond acceptors (Lipinski definition) is 6. The highest BCUT2D eigenvalue weighted by molar-refractivity contribution is 7.89. The van der Waals surface area contributed by atoms with Crippen LogP contribution in [0.15, 0.2) is 29.2 Å². The van der Waals surface area contributed by atoms with E-state index in [9.17, 15) is 18.0 Å². The molecule has 0 aliphatic rings. The lowest BCUT2D eigenvalue weighted by Crippen LogP contribution is -2.28. The summed E-state index contributed by atoms with van der Waals surface area (Å²) in [6, 6.07) is 5.67. The zero-order valence-corrected chi connectivity index (χ0v) is 12.6. The molecule has 21 heavy (non-hydrogen) atoms. The number of carbonyl (C=O) groups is 2. The third-order valence-electron chi connectivity index (χ3n) is 2.51. The summed E-state index contributed by atoms with van der Waals surface area (Å²) in [5.74, 6) is -1.25. The Morgan fingerprint density at radius 2 is 1.90 bits per heavy atom. The number of methoxy groups -OCH3 is 1. The molecule has 7 nitrogen and oxygen atoms in total. The van der Waals surface area contributed by atoms with E-state index in [1.807, 2.05) is 0 Å². The minimum Gasteiger partial charge on any atom is -0.466 e. The van der Waals surface area contributed by atoms with E-state index in [1.165, 1.54) is 31.4 Å². The molecule has 116 valence electrons. The van der Waals surface area contributed by atoms with E-state index in [1.54, 1.807) is 6.92 Å². The van der Waals surface area contributed by atoms with E-state index in [0.717, 1.165) is 0 Å². The predicted molar refractivity (Wildman–Crippen MR) is 74.2 cm³/mol. The van der Waals surface area contributed by atoms with Crippen molar-refractivity contribution in [2.24, 2.45) is 0 Å². The molecule has 0 radical (unpaired) electrons. The normalized spacial score (nSPS) is 11.0. The van der Waals surface area contributed by atoms with Crippen molar-refractivity contribution >= 4 is 22.0 Å². The summed E-state index contributed by atoms with van der Waals surface area (Å²) >= 11 is 0. The Kier molecular flexibility index (Phi) is 6.32. The summed E-state index contributed by atoms with van der Waals surface area (Å²) in [5, 5.41) is 0. The molecule has 1 rings (SSSR count). The van der Waals surface area contributed by atoms with Gasteiger partial charge in [-0.25, -0.2) is 17.9 Å². The van der Waals surface area contributed by atoms with Gasteiger partial charge >= 0.3 is 11.9 Å². The Morgan fingerprint density at radius 3 is 2.52 bits per heavy atom. The van der Waals surface area contributed by atoms with E-state index in [-0.39, 0.29) is 30.0 Å². The second-order valence-corrected chi connectivity index (χ2v) is 5.68. The molecule has 0 saturated heterocycles.